The first kappa shape index (κ1) is 15.1. The molecule has 0 radical (unpaired) electrons. The molecule has 0 saturated heterocycles. The van der Waals surface area contributed by atoms with E-state index in [0.29, 0.717) is 17.9 Å². The maximum Gasteiger partial charge on any atom is 0.167 e. The second kappa shape index (κ2) is 6.43. The third-order valence-electron chi connectivity index (χ3n) is 3.07. The number of hydrogen-bond donors (Lipinski definition) is 2. The molecule has 0 saturated carbocycles. The Labute approximate surface area is 122 Å². The van der Waals surface area contributed by atoms with Gasteiger partial charge < -0.3 is 15.2 Å². The first-order valence-electron chi connectivity index (χ1n) is 6.68. The topological polar surface area (TPSA) is 41.5 Å². The minimum absolute atomic E-state index is 0.138. The van der Waals surface area contributed by atoms with Crippen LogP contribution < -0.4 is 10.1 Å². The summed E-state index contributed by atoms with van der Waals surface area (Å²) in [5, 5.41) is 12.8. The molecule has 2 N–H and O–H groups in total. The van der Waals surface area contributed by atoms with E-state index in [0.717, 1.165) is 6.07 Å². The summed E-state index contributed by atoms with van der Waals surface area (Å²) in [6, 6.07) is 8.06. The maximum absolute atomic E-state index is 13.8. The maximum atomic E-state index is 13.8. The van der Waals surface area contributed by atoms with Gasteiger partial charge >= 0.3 is 0 Å². The van der Waals surface area contributed by atoms with Crippen molar-refractivity contribution in [2.75, 3.05) is 11.9 Å². The molecule has 0 bridgehead atoms. The van der Waals surface area contributed by atoms with Crippen molar-refractivity contribution < 1.29 is 18.6 Å². The van der Waals surface area contributed by atoms with Crippen molar-refractivity contribution in [3.8, 4) is 11.5 Å². The fourth-order valence-electron chi connectivity index (χ4n) is 2.07. The van der Waals surface area contributed by atoms with E-state index < -0.39 is 11.6 Å². The van der Waals surface area contributed by atoms with Gasteiger partial charge in [0, 0.05) is 23.4 Å². The summed E-state index contributed by atoms with van der Waals surface area (Å²) in [7, 11) is 0. The molecule has 3 nitrogen and oxygen atoms in total. The smallest absolute Gasteiger partial charge is 0.167 e. The van der Waals surface area contributed by atoms with Crippen LogP contribution in [-0.2, 0) is 0 Å². The largest absolute Gasteiger partial charge is 0.507 e. The molecular weight excluding hydrogens is 276 g/mol. The molecule has 0 heterocycles. The second-order valence-electron chi connectivity index (χ2n) is 4.65. The molecule has 1 atom stereocenters. The van der Waals surface area contributed by atoms with Crippen molar-refractivity contribution in [3.05, 3.63) is 53.6 Å². The van der Waals surface area contributed by atoms with Gasteiger partial charge in [-0.3, -0.25) is 0 Å². The first-order chi connectivity index (χ1) is 10.0. The van der Waals surface area contributed by atoms with Crippen LogP contribution in [0.2, 0.25) is 0 Å². The molecule has 2 aromatic rings. The van der Waals surface area contributed by atoms with E-state index in [2.05, 4.69) is 5.32 Å². The normalized spacial score (nSPS) is 12.0. The molecule has 0 aromatic heterocycles. The van der Waals surface area contributed by atoms with Gasteiger partial charge in [0.25, 0.3) is 0 Å². The minimum Gasteiger partial charge on any atom is -0.507 e. The Morgan fingerprint density at radius 2 is 1.95 bits per heavy atom. The predicted octanol–water partition coefficient (Wildman–Crippen LogP) is 4.24. The number of phenols is 1. The van der Waals surface area contributed by atoms with Crippen molar-refractivity contribution in [1.29, 1.82) is 0 Å². The lowest BCUT2D eigenvalue weighted by atomic mass is 10.1. The van der Waals surface area contributed by atoms with Crippen molar-refractivity contribution in [2.45, 2.75) is 19.9 Å². The van der Waals surface area contributed by atoms with Crippen molar-refractivity contribution in [2.24, 2.45) is 0 Å². The number of aromatic hydroxyl groups is 1. The summed E-state index contributed by atoms with van der Waals surface area (Å²) in [5.74, 6) is -0.908. The Hall–Kier alpha value is -2.30. The van der Waals surface area contributed by atoms with Gasteiger partial charge in [-0.25, -0.2) is 8.78 Å². The fourth-order valence-corrected chi connectivity index (χ4v) is 2.07. The van der Waals surface area contributed by atoms with Gasteiger partial charge in [0.2, 0.25) is 0 Å². The number of halogens is 2. The Morgan fingerprint density at radius 1 is 1.19 bits per heavy atom. The van der Waals surface area contributed by atoms with Crippen LogP contribution in [0.25, 0.3) is 0 Å². The number of nitrogens with one attached hydrogen (secondary N) is 1. The van der Waals surface area contributed by atoms with Crippen LogP contribution in [0.15, 0.2) is 36.4 Å². The molecular formula is C16H17F2NO2. The lowest BCUT2D eigenvalue weighted by Crippen LogP contribution is -2.07. The number of ether oxygens (including phenoxy) is 1. The zero-order chi connectivity index (χ0) is 15.4. The van der Waals surface area contributed by atoms with Gasteiger partial charge in [-0.1, -0.05) is 6.07 Å². The number of rotatable bonds is 5. The van der Waals surface area contributed by atoms with E-state index in [1.165, 1.54) is 18.2 Å². The summed E-state index contributed by atoms with van der Waals surface area (Å²) >= 11 is 0. The Balaban J connectivity index is 2.15. The Bertz CT molecular complexity index is 632. The Kier molecular flexibility index (Phi) is 4.62. The molecule has 21 heavy (non-hydrogen) atoms. The van der Waals surface area contributed by atoms with E-state index >= 15 is 0 Å². The molecule has 0 spiro atoms. The zero-order valence-corrected chi connectivity index (χ0v) is 11.9. The number of benzene rings is 2. The van der Waals surface area contributed by atoms with Crippen molar-refractivity contribution in [1.82, 2.24) is 0 Å². The third-order valence-corrected chi connectivity index (χ3v) is 3.07. The second-order valence-corrected chi connectivity index (χ2v) is 4.65. The van der Waals surface area contributed by atoms with Gasteiger partial charge in [0.15, 0.2) is 11.6 Å². The Morgan fingerprint density at radius 3 is 2.57 bits per heavy atom. The van der Waals surface area contributed by atoms with E-state index in [9.17, 15) is 13.9 Å². The van der Waals surface area contributed by atoms with Gasteiger partial charge in [-0.05, 0) is 32.0 Å². The number of anilines is 1. The van der Waals surface area contributed by atoms with E-state index in [1.54, 1.807) is 26.0 Å². The highest BCUT2D eigenvalue weighted by Crippen LogP contribution is 2.29. The molecule has 0 aliphatic carbocycles. The average Bonchev–Trinajstić information content (AvgIpc) is 2.41. The molecule has 5 heteroatoms. The molecule has 2 aromatic carbocycles. The van der Waals surface area contributed by atoms with E-state index in [-0.39, 0.29) is 17.5 Å². The highest BCUT2D eigenvalue weighted by molar-refractivity contribution is 5.50. The van der Waals surface area contributed by atoms with Crippen LogP contribution in [0.1, 0.15) is 25.5 Å². The van der Waals surface area contributed by atoms with E-state index in [4.69, 9.17) is 4.74 Å². The number of phenolic OH excluding ortho intramolecular Hbond substituents is 1. The van der Waals surface area contributed by atoms with Gasteiger partial charge in [0.1, 0.15) is 11.6 Å². The van der Waals surface area contributed by atoms with Crippen LogP contribution in [-0.4, -0.2) is 11.7 Å². The van der Waals surface area contributed by atoms with Gasteiger partial charge in [0.05, 0.1) is 12.6 Å². The molecule has 0 aliphatic rings. The molecule has 0 aliphatic heterocycles. The molecule has 112 valence electrons. The summed E-state index contributed by atoms with van der Waals surface area (Å²) in [6.45, 7) is 3.97. The first-order valence-corrected chi connectivity index (χ1v) is 6.68. The third kappa shape index (κ3) is 3.62. The highest BCUT2D eigenvalue weighted by atomic mass is 19.1. The molecule has 1 unspecified atom stereocenters. The summed E-state index contributed by atoms with van der Waals surface area (Å²) in [4.78, 5) is 0. The monoisotopic (exact) mass is 293 g/mol. The van der Waals surface area contributed by atoms with Crippen LogP contribution in [0.5, 0.6) is 11.5 Å². The average molecular weight is 293 g/mol. The van der Waals surface area contributed by atoms with Crippen LogP contribution >= 0.6 is 0 Å². The quantitative estimate of drug-likeness (QED) is 0.866. The standard InChI is InChI=1S/C16H17F2NO2/c1-3-21-16-7-5-12(9-14(16)18)19-10(2)13-6-4-11(17)8-15(13)20/h4-10,19-20H,3H2,1-2H3. The lowest BCUT2D eigenvalue weighted by Gasteiger charge is -2.17. The predicted molar refractivity (Wildman–Crippen MR) is 77.7 cm³/mol. The molecule has 0 fully saturated rings. The van der Waals surface area contributed by atoms with Crippen molar-refractivity contribution in [3.63, 3.8) is 0 Å². The summed E-state index contributed by atoms with van der Waals surface area (Å²) in [6.07, 6.45) is 0. The van der Waals surface area contributed by atoms with Crippen LogP contribution in [0, 0.1) is 11.6 Å². The highest BCUT2D eigenvalue weighted by Gasteiger charge is 2.12. The minimum atomic E-state index is -0.504. The van der Waals surface area contributed by atoms with E-state index in [1.807, 2.05) is 0 Å². The molecule has 2 rings (SSSR count). The number of hydrogen-bond acceptors (Lipinski definition) is 3. The SMILES string of the molecule is CCOc1ccc(NC(C)c2ccc(F)cc2O)cc1F. The van der Waals surface area contributed by atoms with Crippen molar-refractivity contribution >= 4 is 5.69 Å². The summed E-state index contributed by atoms with van der Waals surface area (Å²) < 4.78 is 31.9. The van der Waals surface area contributed by atoms with Gasteiger partial charge in [-0.15, -0.1) is 0 Å². The zero-order valence-electron chi connectivity index (χ0n) is 11.9. The van der Waals surface area contributed by atoms with Crippen LogP contribution in [0.3, 0.4) is 0 Å². The fraction of sp³-hybridized carbons (Fsp3) is 0.250. The molecule has 0 amide bonds. The van der Waals surface area contributed by atoms with Gasteiger partial charge in [-0.2, -0.15) is 0 Å². The lowest BCUT2D eigenvalue weighted by molar-refractivity contribution is 0.321. The van der Waals surface area contributed by atoms with Crippen LogP contribution in [0.4, 0.5) is 14.5 Å². The summed E-state index contributed by atoms with van der Waals surface area (Å²) in [5.41, 5.74) is 1.08.